The highest BCUT2D eigenvalue weighted by Gasteiger charge is 2.15. The van der Waals surface area contributed by atoms with Crippen LogP contribution in [0.25, 0.3) is 0 Å². The molecule has 1 heterocycles. The summed E-state index contributed by atoms with van der Waals surface area (Å²) in [5.41, 5.74) is 5.76. The second kappa shape index (κ2) is 5.31. The molecule has 14 heavy (non-hydrogen) atoms. The third-order valence-corrected chi connectivity index (χ3v) is 3.03. The standard InChI is InChI=1S/C8H17N5S/c1-4-14-5-6(2)13-8(7(3)9)10-11-12-13/h6-7H,4-5,9H2,1-3H3. The molecule has 0 radical (unpaired) electrons. The molecule has 6 heteroatoms. The normalized spacial score (nSPS) is 15.4. The summed E-state index contributed by atoms with van der Waals surface area (Å²) in [5.74, 6) is 2.88. The minimum Gasteiger partial charge on any atom is -0.322 e. The summed E-state index contributed by atoms with van der Waals surface area (Å²) in [6, 6.07) is 0.190. The molecule has 0 aliphatic carbocycles. The van der Waals surface area contributed by atoms with E-state index in [1.807, 2.05) is 23.4 Å². The van der Waals surface area contributed by atoms with Crippen molar-refractivity contribution in [2.75, 3.05) is 11.5 Å². The number of tetrazole rings is 1. The summed E-state index contributed by atoms with van der Waals surface area (Å²) in [6.45, 7) is 6.14. The lowest BCUT2D eigenvalue weighted by atomic mass is 10.3. The van der Waals surface area contributed by atoms with Gasteiger partial charge in [-0.2, -0.15) is 11.8 Å². The summed E-state index contributed by atoms with van der Waals surface area (Å²) < 4.78 is 1.81. The first kappa shape index (κ1) is 11.5. The average molecular weight is 215 g/mol. The fourth-order valence-corrected chi connectivity index (χ4v) is 1.89. The molecule has 1 rings (SSSR count). The first-order chi connectivity index (χ1) is 6.66. The van der Waals surface area contributed by atoms with Gasteiger partial charge >= 0.3 is 0 Å². The van der Waals surface area contributed by atoms with Gasteiger partial charge < -0.3 is 5.73 Å². The highest BCUT2D eigenvalue weighted by molar-refractivity contribution is 7.99. The van der Waals surface area contributed by atoms with Gasteiger partial charge in [-0.05, 0) is 30.0 Å². The highest BCUT2D eigenvalue weighted by atomic mass is 32.2. The Bertz CT molecular complexity index is 272. The predicted molar refractivity (Wildman–Crippen MR) is 58.1 cm³/mol. The molecule has 0 aromatic carbocycles. The molecule has 2 unspecified atom stereocenters. The van der Waals surface area contributed by atoms with Gasteiger partial charge in [-0.15, -0.1) is 5.10 Å². The molecule has 0 saturated carbocycles. The Morgan fingerprint density at radius 1 is 1.50 bits per heavy atom. The van der Waals surface area contributed by atoms with Crippen LogP contribution in [-0.2, 0) is 0 Å². The molecule has 2 atom stereocenters. The van der Waals surface area contributed by atoms with Crippen LogP contribution in [0.3, 0.4) is 0 Å². The predicted octanol–water partition coefficient (Wildman–Crippen LogP) is 1.01. The minimum atomic E-state index is -0.112. The maximum absolute atomic E-state index is 5.76. The van der Waals surface area contributed by atoms with E-state index < -0.39 is 0 Å². The molecular weight excluding hydrogens is 198 g/mol. The molecular formula is C8H17N5S. The quantitative estimate of drug-likeness (QED) is 0.793. The topological polar surface area (TPSA) is 69.6 Å². The van der Waals surface area contributed by atoms with E-state index in [0.29, 0.717) is 6.04 Å². The number of thioether (sulfide) groups is 1. The highest BCUT2D eigenvalue weighted by Crippen LogP contribution is 2.15. The van der Waals surface area contributed by atoms with Gasteiger partial charge in [0, 0.05) is 5.75 Å². The van der Waals surface area contributed by atoms with Crippen molar-refractivity contribution in [1.82, 2.24) is 20.2 Å². The fraction of sp³-hybridized carbons (Fsp3) is 0.875. The van der Waals surface area contributed by atoms with Gasteiger partial charge in [0.25, 0.3) is 0 Å². The Labute approximate surface area is 88.4 Å². The van der Waals surface area contributed by atoms with E-state index in [0.717, 1.165) is 17.3 Å². The third-order valence-electron chi connectivity index (χ3n) is 1.91. The maximum Gasteiger partial charge on any atom is 0.168 e. The van der Waals surface area contributed by atoms with Gasteiger partial charge in [0.05, 0.1) is 12.1 Å². The zero-order chi connectivity index (χ0) is 10.6. The molecule has 0 amide bonds. The van der Waals surface area contributed by atoms with Crippen LogP contribution in [0.1, 0.15) is 38.7 Å². The second-order valence-electron chi connectivity index (χ2n) is 3.28. The van der Waals surface area contributed by atoms with Crippen molar-refractivity contribution in [3.8, 4) is 0 Å². The monoisotopic (exact) mass is 215 g/mol. The van der Waals surface area contributed by atoms with Crippen LogP contribution in [0.4, 0.5) is 0 Å². The van der Waals surface area contributed by atoms with Crippen molar-refractivity contribution < 1.29 is 0 Å². The van der Waals surface area contributed by atoms with Gasteiger partial charge in [-0.25, -0.2) is 4.68 Å². The molecule has 0 spiro atoms. The van der Waals surface area contributed by atoms with E-state index in [9.17, 15) is 0 Å². The van der Waals surface area contributed by atoms with Crippen molar-refractivity contribution in [1.29, 1.82) is 0 Å². The molecule has 0 bridgehead atoms. The van der Waals surface area contributed by atoms with Crippen molar-refractivity contribution >= 4 is 11.8 Å². The van der Waals surface area contributed by atoms with Crippen LogP contribution in [0, 0.1) is 0 Å². The number of hydrogen-bond donors (Lipinski definition) is 1. The SMILES string of the molecule is CCSCC(C)n1nnnc1C(C)N. The van der Waals surface area contributed by atoms with Gasteiger partial charge in [0.15, 0.2) is 5.82 Å². The zero-order valence-electron chi connectivity index (χ0n) is 8.84. The molecule has 1 aromatic heterocycles. The molecule has 0 aliphatic heterocycles. The van der Waals surface area contributed by atoms with E-state index >= 15 is 0 Å². The Balaban J connectivity index is 2.68. The summed E-state index contributed by atoms with van der Waals surface area (Å²) >= 11 is 1.88. The lowest BCUT2D eigenvalue weighted by Crippen LogP contribution is -2.18. The van der Waals surface area contributed by atoms with Crippen molar-refractivity contribution in [2.45, 2.75) is 32.9 Å². The van der Waals surface area contributed by atoms with Crippen LogP contribution in [0.15, 0.2) is 0 Å². The lowest BCUT2D eigenvalue weighted by molar-refractivity contribution is 0.485. The van der Waals surface area contributed by atoms with Crippen molar-refractivity contribution in [3.05, 3.63) is 5.82 Å². The van der Waals surface area contributed by atoms with E-state index in [1.165, 1.54) is 0 Å². The van der Waals surface area contributed by atoms with E-state index in [4.69, 9.17) is 5.73 Å². The van der Waals surface area contributed by atoms with Crippen LogP contribution in [0.5, 0.6) is 0 Å². The summed E-state index contributed by atoms with van der Waals surface area (Å²) in [7, 11) is 0. The molecule has 0 fully saturated rings. The number of hydrogen-bond acceptors (Lipinski definition) is 5. The minimum absolute atomic E-state index is 0.112. The van der Waals surface area contributed by atoms with Crippen LogP contribution in [0.2, 0.25) is 0 Å². The molecule has 80 valence electrons. The lowest BCUT2D eigenvalue weighted by Gasteiger charge is -2.13. The molecule has 0 aliphatic rings. The average Bonchev–Trinajstić information content (AvgIpc) is 2.62. The van der Waals surface area contributed by atoms with Gasteiger partial charge in [-0.1, -0.05) is 6.92 Å². The number of aromatic nitrogens is 4. The Morgan fingerprint density at radius 2 is 2.21 bits per heavy atom. The third kappa shape index (κ3) is 2.68. The summed E-state index contributed by atoms with van der Waals surface area (Å²) in [5, 5.41) is 11.5. The zero-order valence-corrected chi connectivity index (χ0v) is 9.66. The molecule has 1 aromatic rings. The van der Waals surface area contributed by atoms with E-state index in [1.54, 1.807) is 0 Å². The number of nitrogens with two attached hydrogens (primary N) is 1. The number of rotatable bonds is 5. The summed E-state index contributed by atoms with van der Waals surface area (Å²) in [6.07, 6.45) is 0. The first-order valence-corrected chi connectivity index (χ1v) is 5.93. The number of nitrogens with zero attached hydrogens (tertiary/aromatic N) is 4. The van der Waals surface area contributed by atoms with Gasteiger partial charge in [-0.3, -0.25) is 0 Å². The van der Waals surface area contributed by atoms with E-state index in [-0.39, 0.29) is 6.04 Å². The first-order valence-electron chi connectivity index (χ1n) is 4.77. The second-order valence-corrected chi connectivity index (χ2v) is 4.60. The Morgan fingerprint density at radius 3 is 2.79 bits per heavy atom. The van der Waals surface area contributed by atoms with Crippen molar-refractivity contribution in [2.24, 2.45) is 5.73 Å². The van der Waals surface area contributed by atoms with Crippen LogP contribution >= 0.6 is 11.8 Å². The van der Waals surface area contributed by atoms with Crippen LogP contribution < -0.4 is 5.73 Å². The van der Waals surface area contributed by atoms with Gasteiger partial charge in [0.1, 0.15) is 0 Å². The van der Waals surface area contributed by atoms with Gasteiger partial charge in [0.2, 0.25) is 0 Å². The Hall–Kier alpha value is -0.620. The molecule has 2 N–H and O–H groups in total. The Kier molecular flexibility index (Phi) is 4.34. The van der Waals surface area contributed by atoms with E-state index in [2.05, 4.69) is 29.4 Å². The molecule has 5 nitrogen and oxygen atoms in total. The summed E-state index contributed by atoms with van der Waals surface area (Å²) in [4.78, 5) is 0. The fourth-order valence-electron chi connectivity index (χ4n) is 1.17. The molecule has 0 saturated heterocycles. The smallest absolute Gasteiger partial charge is 0.168 e. The largest absolute Gasteiger partial charge is 0.322 e. The maximum atomic E-state index is 5.76. The van der Waals surface area contributed by atoms with Crippen molar-refractivity contribution in [3.63, 3.8) is 0 Å². The van der Waals surface area contributed by atoms with Crippen LogP contribution in [-0.4, -0.2) is 31.7 Å².